The zero-order valence-corrected chi connectivity index (χ0v) is 11.7. The highest BCUT2D eigenvalue weighted by atomic mass is 16.5. The quantitative estimate of drug-likeness (QED) is 0.633. The van der Waals surface area contributed by atoms with Gasteiger partial charge in [0, 0.05) is 32.3 Å². The summed E-state index contributed by atoms with van der Waals surface area (Å²) in [6.45, 7) is 9.41. The second kappa shape index (κ2) is 8.86. The summed E-state index contributed by atoms with van der Waals surface area (Å²) in [5, 5.41) is 3.42. The molecule has 0 bridgehead atoms. The Morgan fingerprint density at radius 1 is 1.24 bits per heavy atom. The summed E-state index contributed by atoms with van der Waals surface area (Å²) < 4.78 is 5.28. The van der Waals surface area contributed by atoms with Crippen molar-refractivity contribution in [2.75, 3.05) is 60.0 Å². The summed E-state index contributed by atoms with van der Waals surface area (Å²) >= 11 is 0. The number of rotatable bonds is 8. The maximum atomic E-state index is 5.28. The molecule has 0 aromatic heterocycles. The first-order valence-electron chi connectivity index (χ1n) is 6.91. The van der Waals surface area contributed by atoms with Crippen LogP contribution >= 0.6 is 0 Å². The normalized spacial score (nSPS) is 19.1. The lowest BCUT2D eigenvalue weighted by molar-refractivity contribution is 0.137. The number of likely N-dealkylation sites (tertiary alicyclic amines) is 1. The van der Waals surface area contributed by atoms with Gasteiger partial charge in [-0.15, -0.1) is 0 Å². The Kier molecular flexibility index (Phi) is 7.77. The van der Waals surface area contributed by atoms with E-state index >= 15 is 0 Å². The van der Waals surface area contributed by atoms with Crippen LogP contribution in [0, 0.1) is 0 Å². The first-order valence-corrected chi connectivity index (χ1v) is 6.91. The number of hydrogen-bond acceptors (Lipinski definition) is 4. The Morgan fingerprint density at radius 2 is 1.94 bits per heavy atom. The van der Waals surface area contributed by atoms with Gasteiger partial charge in [0.05, 0.1) is 6.61 Å². The molecule has 0 radical (unpaired) electrons. The summed E-state index contributed by atoms with van der Waals surface area (Å²) in [5.74, 6) is 0. The lowest BCUT2D eigenvalue weighted by Crippen LogP contribution is -2.44. The third-order valence-corrected chi connectivity index (χ3v) is 3.52. The van der Waals surface area contributed by atoms with Gasteiger partial charge >= 0.3 is 0 Å². The van der Waals surface area contributed by atoms with E-state index in [0.717, 1.165) is 32.3 Å². The fraction of sp³-hybridized carbons (Fsp3) is 1.00. The average molecular weight is 243 g/mol. The van der Waals surface area contributed by atoms with E-state index in [1.165, 1.54) is 32.5 Å². The van der Waals surface area contributed by atoms with Crippen molar-refractivity contribution in [3.05, 3.63) is 0 Å². The summed E-state index contributed by atoms with van der Waals surface area (Å²) in [5.41, 5.74) is 0. The molecule has 1 saturated heterocycles. The number of nitrogens with zero attached hydrogens (tertiary/aromatic N) is 2. The molecule has 1 aliphatic rings. The predicted octanol–water partition coefficient (Wildman–Crippen LogP) is 0.639. The summed E-state index contributed by atoms with van der Waals surface area (Å²) in [4.78, 5) is 4.92. The molecule has 17 heavy (non-hydrogen) atoms. The monoisotopic (exact) mass is 243 g/mol. The van der Waals surface area contributed by atoms with Crippen LogP contribution in [0.25, 0.3) is 0 Å². The number of piperidine rings is 1. The molecule has 0 aromatic carbocycles. The maximum Gasteiger partial charge on any atom is 0.0590 e. The predicted molar refractivity (Wildman–Crippen MR) is 72.5 cm³/mol. The van der Waals surface area contributed by atoms with Crippen molar-refractivity contribution in [3.8, 4) is 0 Å². The van der Waals surface area contributed by atoms with Crippen LogP contribution in [0.15, 0.2) is 0 Å². The van der Waals surface area contributed by atoms with Crippen LogP contribution in [-0.2, 0) is 4.74 Å². The lowest BCUT2D eigenvalue weighted by atomic mass is 10.0. The van der Waals surface area contributed by atoms with Crippen molar-refractivity contribution in [1.29, 1.82) is 0 Å². The molecule has 1 N–H and O–H groups in total. The molecule has 0 atom stereocenters. The summed E-state index contributed by atoms with van der Waals surface area (Å²) in [6.07, 6.45) is 2.62. The second-order valence-corrected chi connectivity index (χ2v) is 4.98. The van der Waals surface area contributed by atoms with E-state index in [0.29, 0.717) is 0 Å². The fourth-order valence-electron chi connectivity index (χ4n) is 2.31. The first-order chi connectivity index (χ1) is 8.24. The Balaban J connectivity index is 1.95. The topological polar surface area (TPSA) is 27.7 Å². The Labute approximate surface area is 106 Å². The van der Waals surface area contributed by atoms with Crippen LogP contribution in [0.2, 0.25) is 0 Å². The van der Waals surface area contributed by atoms with Gasteiger partial charge in [0.25, 0.3) is 0 Å². The van der Waals surface area contributed by atoms with Gasteiger partial charge in [-0.25, -0.2) is 0 Å². The van der Waals surface area contributed by atoms with Gasteiger partial charge in [0.15, 0.2) is 0 Å². The van der Waals surface area contributed by atoms with E-state index in [9.17, 15) is 0 Å². The minimum atomic E-state index is 0.789. The zero-order chi connectivity index (χ0) is 12.5. The molecule has 1 heterocycles. The van der Waals surface area contributed by atoms with Crippen molar-refractivity contribution >= 4 is 0 Å². The third-order valence-electron chi connectivity index (χ3n) is 3.52. The van der Waals surface area contributed by atoms with E-state index < -0.39 is 0 Å². The van der Waals surface area contributed by atoms with Crippen LogP contribution < -0.4 is 5.32 Å². The van der Waals surface area contributed by atoms with E-state index in [1.54, 1.807) is 0 Å². The SMILES string of the molecule is CCOCCNCCN1CCC(N(C)C)CC1. The smallest absolute Gasteiger partial charge is 0.0590 e. The van der Waals surface area contributed by atoms with E-state index in [2.05, 4.69) is 29.2 Å². The molecular weight excluding hydrogens is 214 g/mol. The highest BCUT2D eigenvalue weighted by Gasteiger charge is 2.19. The van der Waals surface area contributed by atoms with Crippen molar-refractivity contribution in [2.45, 2.75) is 25.8 Å². The van der Waals surface area contributed by atoms with Gasteiger partial charge < -0.3 is 19.9 Å². The molecule has 0 spiro atoms. The molecule has 0 aromatic rings. The molecule has 102 valence electrons. The first kappa shape index (κ1) is 14.9. The molecule has 1 aliphatic heterocycles. The molecule has 0 amide bonds. The van der Waals surface area contributed by atoms with Gasteiger partial charge in [-0.2, -0.15) is 0 Å². The highest BCUT2D eigenvalue weighted by molar-refractivity contribution is 4.77. The van der Waals surface area contributed by atoms with Gasteiger partial charge in [0.2, 0.25) is 0 Å². The fourth-order valence-corrected chi connectivity index (χ4v) is 2.31. The molecule has 0 saturated carbocycles. The van der Waals surface area contributed by atoms with Gasteiger partial charge in [-0.1, -0.05) is 0 Å². The van der Waals surface area contributed by atoms with Gasteiger partial charge in [-0.05, 0) is 47.0 Å². The molecule has 1 rings (SSSR count). The van der Waals surface area contributed by atoms with Crippen molar-refractivity contribution in [1.82, 2.24) is 15.1 Å². The van der Waals surface area contributed by atoms with Gasteiger partial charge in [0.1, 0.15) is 0 Å². The van der Waals surface area contributed by atoms with Crippen LogP contribution in [0.4, 0.5) is 0 Å². The summed E-state index contributed by atoms with van der Waals surface area (Å²) in [6, 6.07) is 0.789. The summed E-state index contributed by atoms with van der Waals surface area (Å²) in [7, 11) is 4.38. The molecule has 4 heteroatoms. The average Bonchev–Trinajstić information content (AvgIpc) is 2.34. The zero-order valence-electron chi connectivity index (χ0n) is 11.7. The van der Waals surface area contributed by atoms with Crippen molar-refractivity contribution in [2.24, 2.45) is 0 Å². The highest BCUT2D eigenvalue weighted by Crippen LogP contribution is 2.13. The standard InChI is InChI=1S/C13H29N3O/c1-4-17-12-8-14-7-11-16-9-5-13(6-10-16)15(2)3/h13-14H,4-12H2,1-3H3. The minimum absolute atomic E-state index is 0.789. The number of ether oxygens (including phenoxy) is 1. The van der Waals surface area contributed by atoms with Crippen molar-refractivity contribution < 1.29 is 4.74 Å². The van der Waals surface area contributed by atoms with Crippen molar-refractivity contribution in [3.63, 3.8) is 0 Å². The van der Waals surface area contributed by atoms with E-state index in [-0.39, 0.29) is 0 Å². The van der Waals surface area contributed by atoms with E-state index in [1.807, 2.05) is 6.92 Å². The largest absolute Gasteiger partial charge is 0.380 e. The minimum Gasteiger partial charge on any atom is -0.380 e. The van der Waals surface area contributed by atoms with Crippen LogP contribution in [0.5, 0.6) is 0 Å². The van der Waals surface area contributed by atoms with Gasteiger partial charge in [-0.3, -0.25) is 0 Å². The van der Waals surface area contributed by atoms with E-state index in [4.69, 9.17) is 4.74 Å². The molecular formula is C13H29N3O. The molecule has 1 fully saturated rings. The van der Waals surface area contributed by atoms with Crippen LogP contribution in [-0.4, -0.2) is 75.9 Å². The molecule has 0 aliphatic carbocycles. The lowest BCUT2D eigenvalue weighted by Gasteiger charge is -2.35. The number of hydrogen-bond donors (Lipinski definition) is 1. The third kappa shape index (κ3) is 6.36. The molecule has 4 nitrogen and oxygen atoms in total. The molecule has 0 unspecified atom stereocenters. The van der Waals surface area contributed by atoms with Crippen LogP contribution in [0.3, 0.4) is 0 Å². The Hall–Kier alpha value is -0.160. The Bertz CT molecular complexity index is 180. The maximum absolute atomic E-state index is 5.28. The second-order valence-electron chi connectivity index (χ2n) is 4.98. The Morgan fingerprint density at radius 3 is 2.53 bits per heavy atom. The number of nitrogens with one attached hydrogen (secondary N) is 1. The van der Waals surface area contributed by atoms with Crippen LogP contribution in [0.1, 0.15) is 19.8 Å².